The van der Waals surface area contributed by atoms with Gasteiger partial charge in [-0.25, -0.2) is 0 Å². The predicted molar refractivity (Wildman–Crippen MR) is 98.1 cm³/mol. The number of halogens is 1. The number of nitrogens with one attached hydrogen (secondary N) is 1. The van der Waals surface area contributed by atoms with E-state index in [1.165, 1.54) is 24.3 Å². The van der Waals surface area contributed by atoms with Crippen LogP contribution in [0.1, 0.15) is 11.3 Å². The van der Waals surface area contributed by atoms with Crippen LogP contribution in [-0.2, 0) is 10.0 Å². The van der Waals surface area contributed by atoms with Crippen molar-refractivity contribution in [3.63, 3.8) is 0 Å². The second-order valence-corrected chi connectivity index (χ2v) is 7.19. The molecule has 1 N–H and O–H groups in total. The largest absolute Gasteiger partial charge is 0.276 e. The van der Waals surface area contributed by atoms with Crippen LogP contribution in [-0.4, -0.2) is 19.1 Å². The fourth-order valence-corrected chi connectivity index (χ4v) is 3.08. The van der Waals surface area contributed by atoms with E-state index < -0.39 is 10.0 Å². The molecule has 0 amide bonds. The minimum absolute atomic E-state index is 0.0779. The highest BCUT2D eigenvalue weighted by Crippen LogP contribution is 2.14. The average molecular weight is 372 g/mol. The van der Waals surface area contributed by atoms with Gasteiger partial charge < -0.3 is 0 Å². The van der Waals surface area contributed by atoms with Crippen molar-refractivity contribution in [2.75, 3.05) is 0 Å². The highest BCUT2D eigenvalue weighted by molar-refractivity contribution is 7.89. The summed E-state index contributed by atoms with van der Waals surface area (Å²) in [4.78, 5) is 6.60. The number of nitrogens with zero attached hydrogens (tertiary/aromatic N) is 2. The summed E-state index contributed by atoms with van der Waals surface area (Å²) in [6, 6.07) is 20.5. The number of hydrogen-bond donors (Lipinski definition) is 1. The van der Waals surface area contributed by atoms with Gasteiger partial charge >= 0.3 is 0 Å². The van der Waals surface area contributed by atoms with E-state index in [2.05, 4.69) is 14.9 Å². The van der Waals surface area contributed by atoms with Crippen LogP contribution in [0, 0.1) is 0 Å². The van der Waals surface area contributed by atoms with Crippen LogP contribution in [0.15, 0.2) is 89.0 Å². The number of pyridine rings is 1. The molecular weight excluding hydrogens is 358 g/mol. The number of rotatable bonds is 5. The smallest absolute Gasteiger partial charge is 0.255 e. The number of aromatic nitrogens is 1. The molecule has 5 nitrogen and oxygen atoms in total. The zero-order valence-electron chi connectivity index (χ0n) is 13.0. The maximum absolute atomic E-state index is 12.4. The summed E-state index contributed by atoms with van der Waals surface area (Å²) < 4.78 is 24.9. The minimum Gasteiger partial charge on any atom is -0.255 e. The summed E-state index contributed by atoms with van der Waals surface area (Å²) in [6.45, 7) is 0. The number of hydrazone groups is 1. The Morgan fingerprint density at radius 2 is 1.60 bits per heavy atom. The average Bonchev–Trinajstić information content (AvgIpc) is 2.64. The van der Waals surface area contributed by atoms with Crippen LogP contribution in [0.2, 0.25) is 5.02 Å². The first-order valence-corrected chi connectivity index (χ1v) is 9.24. The van der Waals surface area contributed by atoms with Crippen LogP contribution in [0.25, 0.3) is 0 Å². The number of hydrogen-bond acceptors (Lipinski definition) is 4. The third-order valence-corrected chi connectivity index (χ3v) is 4.83. The molecule has 7 heteroatoms. The maximum atomic E-state index is 12.4. The fourth-order valence-electron chi connectivity index (χ4n) is 2.14. The first-order valence-electron chi connectivity index (χ1n) is 7.38. The van der Waals surface area contributed by atoms with Crippen molar-refractivity contribution in [2.24, 2.45) is 5.10 Å². The van der Waals surface area contributed by atoms with E-state index in [9.17, 15) is 8.42 Å². The van der Waals surface area contributed by atoms with Gasteiger partial charge in [-0.15, -0.1) is 0 Å². The molecule has 0 atom stereocenters. The van der Waals surface area contributed by atoms with Crippen molar-refractivity contribution >= 4 is 27.3 Å². The van der Waals surface area contributed by atoms with Gasteiger partial charge in [-0.3, -0.25) is 4.98 Å². The molecule has 25 heavy (non-hydrogen) atoms. The van der Waals surface area contributed by atoms with Gasteiger partial charge in [0.05, 0.1) is 10.6 Å². The molecule has 2 aromatic carbocycles. The molecule has 0 radical (unpaired) electrons. The summed E-state index contributed by atoms with van der Waals surface area (Å²) in [6.07, 6.45) is 1.63. The molecule has 1 aromatic heterocycles. The van der Waals surface area contributed by atoms with E-state index in [0.29, 0.717) is 16.4 Å². The molecule has 0 aliphatic rings. The van der Waals surface area contributed by atoms with E-state index in [-0.39, 0.29) is 4.90 Å². The summed E-state index contributed by atoms with van der Waals surface area (Å²) in [5.41, 5.74) is 1.74. The Bertz CT molecular complexity index is 932. The fraction of sp³-hybridized carbons (Fsp3) is 0. The zero-order chi connectivity index (χ0) is 17.7. The molecule has 0 bridgehead atoms. The van der Waals surface area contributed by atoms with Crippen LogP contribution in [0.3, 0.4) is 0 Å². The van der Waals surface area contributed by atoms with Gasteiger partial charge in [-0.2, -0.15) is 18.4 Å². The lowest BCUT2D eigenvalue weighted by molar-refractivity contribution is 0.584. The molecule has 0 fully saturated rings. The third-order valence-electron chi connectivity index (χ3n) is 3.36. The van der Waals surface area contributed by atoms with Gasteiger partial charge in [0.1, 0.15) is 5.71 Å². The van der Waals surface area contributed by atoms with Crippen molar-refractivity contribution in [3.8, 4) is 0 Å². The van der Waals surface area contributed by atoms with Crippen molar-refractivity contribution in [1.82, 2.24) is 9.82 Å². The molecule has 126 valence electrons. The Kier molecular flexibility index (Phi) is 5.11. The van der Waals surface area contributed by atoms with E-state index in [1.807, 2.05) is 36.4 Å². The molecule has 0 aliphatic heterocycles. The number of sulfonamides is 1. The van der Waals surface area contributed by atoms with Gasteiger partial charge in [-0.05, 0) is 36.4 Å². The Labute approximate surface area is 151 Å². The molecule has 0 saturated heterocycles. The summed E-state index contributed by atoms with van der Waals surface area (Å²) in [7, 11) is -3.81. The van der Waals surface area contributed by atoms with Gasteiger partial charge in [-0.1, -0.05) is 48.0 Å². The predicted octanol–water partition coefficient (Wildman–Crippen LogP) is 3.47. The first kappa shape index (κ1) is 17.1. The Morgan fingerprint density at radius 3 is 2.24 bits per heavy atom. The monoisotopic (exact) mass is 371 g/mol. The Hall–Kier alpha value is -2.70. The van der Waals surface area contributed by atoms with E-state index in [4.69, 9.17) is 11.6 Å². The topological polar surface area (TPSA) is 71.4 Å². The molecule has 1 heterocycles. The molecule has 0 unspecified atom stereocenters. The second-order valence-electron chi connectivity index (χ2n) is 5.09. The van der Waals surface area contributed by atoms with E-state index in [1.54, 1.807) is 18.3 Å². The highest BCUT2D eigenvalue weighted by Gasteiger charge is 2.15. The van der Waals surface area contributed by atoms with E-state index >= 15 is 0 Å². The van der Waals surface area contributed by atoms with Gasteiger partial charge in [0.2, 0.25) is 0 Å². The van der Waals surface area contributed by atoms with Crippen molar-refractivity contribution in [2.45, 2.75) is 4.90 Å². The minimum atomic E-state index is -3.81. The van der Waals surface area contributed by atoms with Gasteiger partial charge in [0.25, 0.3) is 10.0 Å². The van der Waals surface area contributed by atoms with Crippen LogP contribution in [0.5, 0.6) is 0 Å². The maximum Gasteiger partial charge on any atom is 0.276 e. The molecule has 0 aliphatic carbocycles. The lowest BCUT2D eigenvalue weighted by Gasteiger charge is -2.08. The zero-order valence-corrected chi connectivity index (χ0v) is 14.6. The molecule has 3 rings (SSSR count). The van der Waals surface area contributed by atoms with E-state index in [0.717, 1.165) is 5.56 Å². The summed E-state index contributed by atoms with van der Waals surface area (Å²) >= 11 is 5.80. The Balaban J connectivity index is 1.98. The lowest BCUT2D eigenvalue weighted by atomic mass is 10.1. The third kappa shape index (κ3) is 4.23. The SMILES string of the molecule is O=S(=O)(N/N=C(\c1ccccc1)c1ccccn1)c1ccc(Cl)cc1. The molecule has 3 aromatic rings. The summed E-state index contributed by atoms with van der Waals surface area (Å²) in [5.74, 6) is 0. The normalized spacial score (nSPS) is 12.0. The first-order chi connectivity index (χ1) is 12.1. The molecule has 0 spiro atoms. The van der Waals surface area contributed by atoms with Crippen LogP contribution in [0.4, 0.5) is 0 Å². The van der Waals surface area contributed by atoms with Gasteiger partial charge in [0, 0.05) is 16.8 Å². The van der Waals surface area contributed by atoms with Crippen LogP contribution >= 0.6 is 11.6 Å². The second kappa shape index (κ2) is 7.46. The van der Waals surface area contributed by atoms with Crippen molar-refractivity contribution in [1.29, 1.82) is 0 Å². The molecular formula is C18H14ClN3O2S. The number of benzene rings is 2. The summed E-state index contributed by atoms with van der Waals surface area (Å²) in [5, 5.41) is 4.58. The van der Waals surface area contributed by atoms with Crippen molar-refractivity contribution in [3.05, 3.63) is 95.3 Å². The highest BCUT2D eigenvalue weighted by atomic mass is 35.5. The molecule has 0 saturated carbocycles. The quantitative estimate of drug-likeness (QED) is 0.551. The standard InChI is InChI=1S/C18H14ClN3O2S/c19-15-9-11-16(12-10-15)25(23,24)22-21-18(14-6-2-1-3-7-14)17-8-4-5-13-20-17/h1-13,22H/b21-18+. The Morgan fingerprint density at radius 1 is 0.920 bits per heavy atom. The van der Waals surface area contributed by atoms with Crippen molar-refractivity contribution < 1.29 is 8.42 Å². The lowest BCUT2D eigenvalue weighted by Crippen LogP contribution is -2.21. The van der Waals surface area contributed by atoms with Gasteiger partial charge in [0.15, 0.2) is 0 Å². The van der Waals surface area contributed by atoms with Crippen LogP contribution < -0.4 is 4.83 Å².